The minimum Gasteiger partial charge on any atom is -0.219 e. The van der Waals surface area contributed by atoms with E-state index in [4.69, 9.17) is 0 Å². The summed E-state index contributed by atoms with van der Waals surface area (Å²) in [6.45, 7) is 3.76. The predicted molar refractivity (Wildman–Crippen MR) is 40.5 cm³/mol. The van der Waals surface area contributed by atoms with Crippen molar-refractivity contribution in [1.82, 2.24) is 0 Å². The average Bonchev–Trinajstić information content (AvgIpc) is 2.30. The minimum absolute atomic E-state index is 0.0469. The van der Waals surface area contributed by atoms with Crippen LogP contribution < -0.4 is 0 Å². The van der Waals surface area contributed by atoms with Gasteiger partial charge in [0.2, 0.25) is 0 Å². The van der Waals surface area contributed by atoms with Crippen molar-refractivity contribution in [2.24, 2.45) is 0 Å². The van der Waals surface area contributed by atoms with Gasteiger partial charge in [-0.2, -0.15) is 0 Å². The molecule has 0 radical (unpaired) electrons. The summed E-state index contributed by atoms with van der Waals surface area (Å²) in [5.41, 5.74) is 0.859. The molecule has 0 saturated carbocycles. The molecule has 0 aromatic rings. The number of carbonyl (C=O) groups excluding carboxylic acids is 2. The van der Waals surface area contributed by atoms with E-state index in [2.05, 4.69) is 0 Å². The monoisotopic (exact) mass is 154 g/mol. The van der Waals surface area contributed by atoms with Crippen molar-refractivity contribution in [1.29, 1.82) is 0 Å². The molecule has 3 heteroatoms. The molecule has 0 aromatic carbocycles. The van der Waals surface area contributed by atoms with Gasteiger partial charge in [0.1, 0.15) is 0 Å². The van der Waals surface area contributed by atoms with Crippen LogP contribution in [-0.2, 0) is 9.59 Å². The second-order valence-corrected chi connectivity index (χ2v) is 2.71. The first-order valence-electron chi connectivity index (χ1n) is 3.85. The molecule has 11 heavy (non-hydrogen) atoms. The second-order valence-electron chi connectivity index (χ2n) is 2.71. The molecular weight excluding hydrogens is 142 g/mol. The number of amides is 2. The number of hydrogen-bond donors (Lipinski definition) is 0. The van der Waals surface area contributed by atoms with Gasteiger partial charge in [-0.25, -0.2) is 9.59 Å². The number of hydrogen-bond acceptors (Lipinski definition) is 2. The number of rotatable bonds is 1. The van der Waals surface area contributed by atoms with Crippen molar-refractivity contribution in [3.63, 3.8) is 0 Å². The van der Waals surface area contributed by atoms with Gasteiger partial charge in [0.05, 0.1) is 12.8 Å². The Kier molecular flexibility index (Phi) is 2.17. The first kappa shape index (κ1) is 8.11. The van der Waals surface area contributed by atoms with Crippen molar-refractivity contribution >= 4 is 17.5 Å². The van der Waals surface area contributed by atoms with Crippen LogP contribution in [0.15, 0.2) is 0 Å². The lowest BCUT2D eigenvalue weighted by molar-refractivity contribution is -0.373. The van der Waals surface area contributed by atoms with Crippen LogP contribution in [0.4, 0.5) is 0 Å². The number of carbonyl (C=O) groups is 2. The maximum atomic E-state index is 11.1. The largest absolute Gasteiger partial charge is 0.395 e. The maximum Gasteiger partial charge on any atom is 0.395 e. The maximum absolute atomic E-state index is 11.1. The molecule has 1 aliphatic rings. The zero-order chi connectivity index (χ0) is 8.43. The molecule has 60 valence electrons. The van der Waals surface area contributed by atoms with E-state index in [9.17, 15) is 9.59 Å². The van der Waals surface area contributed by atoms with Gasteiger partial charge in [0.25, 0.3) is 0 Å². The van der Waals surface area contributed by atoms with E-state index in [1.807, 2.05) is 13.8 Å². The zero-order valence-electron chi connectivity index (χ0n) is 6.89. The van der Waals surface area contributed by atoms with Crippen LogP contribution in [0.5, 0.6) is 0 Å². The van der Waals surface area contributed by atoms with Gasteiger partial charge < -0.3 is 0 Å². The van der Waals surface area contributed by atoms with Gasteiger partial charge in [0.15, 0.2) is 5.71 Å². The molecule has 1 rings (SSSR count). The van der Waals surface area contributed by atoms with E-state index >= 15 is 0 Å². The molecule has 1 heterocycles. The van der Waals surface area contributed by atoms with E-state index in [1.165, 1.54) is 4.58 Å². The first-order chi connectivity index (χ1) is 5.16. The van der Waals surface area contributed by atoms with E-state index in [1.54, 1.807) is 0 Å². The van der Waals surface area contributed by atoms with Crippen molar-refractivity contribution in [3.05, 3.63) is 0 Å². The average molecular weight is 154 g/mol. The number of nitrogens with zero attached hydrogens (tertiary/aromatic N) is 1. The summed E-state index contributed by atoms with van der Waals surface area (Å²) in [7, 11) is 0. The summed E-state index contributed by atoms with van der Waals surface area (Å²) in [6, 6.07) is 0. The molecule has 1 fully saturated rings. The molecule has 0 N–H and O–H groups in total. The molecule has 0 unspecified atom stereocenters. The minimum atomic E-state index is -0.0469. The molecule has 0 atom stereocenters. The van der Waals surface area contributed by atoms with Crippen LogP contribution in [0.3, 0.4) is 0 Å². The van der Waals surface area contributed by atoms with E-state index in [0.717, 1.165) is 12.1 Å². The van der Waals surface area contributed by atoms with Crippen molar-refractivity contribution in [2.75, 3.05) is 0 Å². The molecule has 1 aliphatic heterocycles. The van der Waals surface area contributed by atoms with Gasteiger partial charge in [-0.15, -0.1) is 0 Å². The fraction of sp³-hybridized carbons (Fsp3) is 0.625. The first-order valence-corrected chi connectivity index (χ1v) is 3.85. The summed E-state index contributed by atoms with van der Waals surface area (Å²) in [6.07, 6.45) is 1.53. The molecule has 0 bridgehead atoms. The summed E-state index contributed by atoms with van der Waals surface area (Å²) < 4.78 is 1.31. The fourth-order valence-electron chi connectivity index (χ4n) is 1.16. The smallest absolute Gasteiger partial charge is 0.219 e. The third kappa shape index (κ3) is 1.37. The molecule has 1 saturated heterocycles. The fourth-order valence-corrected chi connectivity index (χ4v) is 1.16. The molecule has 0 aromatic heterocycles. The second kappa shape index (κ2) is 2.95. The van der Waals surface area contributed by atoms with Gasteiger partial charge in [-0.1, -0.05) is 11.5 Å². The highest BCUT2D eigenvalue weighted by molar-refractivity contribution is 5.97. The van der Waals surface area contributed by atoms with Crippen LogP contribution in [0, 0.1) is 0 Å². The van der Waals surface area contributed by atoms with Crippen LogP contribution >= 0.6 is 0 Å². The van der Waals surface area contributed by atoms with Crippen LogP contribution in [0.2, 0.25) is 0 Å². The highest BCUT2D eigenvalue weighted by Crippen LogP contribution is 2.07. The predicted octanol–water partition coefficient (Wildman–Crippen LogP) is 0.717. The molecule has 0 aliphatic carbocycles. The highest BCUT2D eigenvalue weighted by atomic mass is 16.2. The summed E-state index contributed by atoms with van der Waals surface area (Å²) in [4.78, 5) is 22.1. The molecule has 0 spiro atoms. The van der Waals surface area contributed by atoms with E-state index in [-0.39, 0.29) is 11.8 Å². The Morgan fingerprint density at radius 1 is 1.36 bits per heavy atom. The third-order valence-corrected chi connectivity index (χ3v) is 1.94. The zero-order valence-corrected chi connectivity index (χ0v) is 6.89. The van der Waals surface area contributed by atoms with Gasteiger partial charge >= 0.3 is 11.8 Å². The lowest BCUT2D eigenvalue weighted by atomic mass is 10.3. The third-order valence-electron chi connectivity index (χ3n) is 1.94. The summed E-state index contributed by atoms with van der Waals surface area (Å²) in [5.74, 6) is -0.0938. The quantitative estimate of drug-likeness (QED) is 0.412. The van der Waals surface area contributed by atoms with Crippen molar-refractivity contribution in [3.8, 4) is 0 Å². The van der Waals surface area contributed by atoms with Gasteiger partial charge in [-0.3, -0.25) is 0 Å². The topological polar surface area (TPSA) is 37.1 Å². The van der Waals surface area contributed by atoms with E-state index in [0.29, 0.717) is 12.8 Å². The summed E-state index contributed by atoms with van der Waals surface area (Å²) >= 11 is 0. The van der Waals surface area contributed by atoms with Crippen molar-refractivity contribution < 1.29 is 14.2 Å². The van der Waals surface area contributed by atoms with Crippen LogP contribution in [-0.4, -0.2) is 22.1 Å². The molecule has 3 nitrogen and oxygen atoms in total. The highest BCUT2D eigenvalue weighted by Gasteiger charge is 2.36. The lowest BCUT2D eigenvalue weighted by Crippen LogP contribution is -2.23. The Balaban J connectivity index is 3.01. The normalized spacial score (nSPS) is 17.8. The molecule has 2 amide bonds. The Hall–Kier alpha value is -0.990. The SMILES string of the molecule is CCC(C)=[N+]1C(=O)CCC1=O. The van der Waals surface area contributed by atoms with Gasteiger partial charge in [-0.05, 0) is 0 Å². The Morgan fingerprint density at radius 2 is 1.82 bits per heavy atom. The Labute approximate surface area is 65.7 Å². The van der Waals surface area contributed by atoms with Crippen molar-refractivity contribution in [2.45, 2.75) is 33.1 Å². The van der Waals surface area contributed by atoms with Gasteiger partial charge in [0, 0.05) is 13.3 Å². The summed E-state index contributed by atoms with van der Waals surface area (Å²) in [5, 5.41) is 0. The number of imide groups is 1. The van der Waals surface area contributed by atoms with Crippen LogP contribution in [0.25, 0.3) is 0 Å². The molecular formula is C8H12NO2+. The lowest BCUT2D eigenvalue weighted by Gasteiger charge is -1.90. The van der Waals surface area contributed by atoms with Crippen LogP contribution in [0.1, 0.15) is 33.1 Å². The standard InChI is InChI=1S/C8H12NO2/c1-3-6(2)9-7(10)4-5-8(9)11/h3-5H2,1-2H3/q+1. The Morgan fingerprint density at radius 3 is 2.18 bits per heavy atom. The Bertz CT molecular complexity index is 222. The van der Waals surface area contributed by atoms with E-state index < -0.39 is 0 Å².